The normalized spacial score (nSPS) is 19.1. The zero-order valence-corrected chi connectivity index (χ0v) is 12.6. The second kappa shape index (κ2) is 5.41. The Balaban J connectivity index is 1.83. The summed E-state index contributed by atoms with van der Waals surface area (Å²) in [6.07, 6.45) is 3.50. The van der Waals surface area contributed by atoms with Crippen molar-refractivity contribution in [2.75, 3.05) is 7.05 Å². The molecule has 0 fully saturated rings. The minimum absolute atomic E-state index is 0.480. The van der Waals surface area contributed by atoms with Crippen molar-refractivity contribution in [2.24, 2.45) is 7.05 Å². The van der Waals surface area contributed by atoms with Crippen LogP contribution in [0.4, 0.5) is 0 Å². The molecule has 0 saturated heterocycles. The number of nitrogens with zero attached hydrogens (tertiary/aromatic N) is 2. The summed E-state index contributed by atoms with van der Waals surface area (Å²) in [4.78, 5) is 0. The van der Waals surface area contributed by atoms with Gasteiger partial charge in [0.05, 0.1) is 5.69 Å². The zero-order valence-electron chi connectivity index (χ0n) is 12.6. The lowest BCUT2D eigenvalue weighted by Crippen LogP contribution is -2.34. The maximum atomic E-state index is 4.46. The minimum atomic E-state index is 0.480. The Morgan fingerprint density at radius 3 is 2.90 bits per heavy atom. The van der Waals surface area contributed by atoms with E-state index in [0.29, 0.717) is 12.0 Å². The average molecular weight is 269 g/mol. The molecule has 2 atom stereocenters. The smallest absolute Gasteiger partial charge is 0.0596 e. The highest BCUT2D eigenvalue weighted by Gasteiger charge is 2.29. The van der Waals surface area contributed by atoms with Gasteiger partial charge in [-0.1, -0.05) is 24.3 Å². The summed E-state index contributed by atoms with van der Waals surface area (Å²) in [5.74, 6) is 0.617. The van der Waals surface area contributed by atoms with Gasteiger partial charge in [-0.05, 0) is 44.0 Å². The molecule has 3 nitrogen and oxygen atoms in total. The van der Waals surface area contributed by atoms with Crippen LogP contribution in [-0.2, 0) is 19.9 Å². The van der Waals surface area contributed by atoms with E-state index >= 15 is 0 Å². The first-order chi connectivity index (χ1) is 9.69. The van der Waals surface area contributed by atoms with Crippen LogP contribution in [0.15, 0.2) is 30.3 Å². The van der Waals surface area contributed by atoms with E-state index in [1.165, 1.54) is 29.7 Å². The molecule has 0 aliphatic heterocycles. The molecule has 0 saturated carbocycles. The fraction of sp³-hybridized carbons (Fsp3) is 0.471. The van der Waals surface area contributed by atoms with Crippen molar-refractivity contribution in [3.63, 3.8) is 0 Å². The molecule has 0 spiro atoms. The monoisotopic (exact) mass is 269 g/mol. The van der Waals surface area contributed by atoms with Gasteiger partial charge in [0.2, 0.25) is 0 Å². The van der Waals surface area contributed by atoms with Crippen LogP contribution >= 0.6 is 0 Å². The molecular weight excluding hydrogens is 246 g/mol. The summed E-state index contributed by atoms with van der Waals surface area (Å²) in [6, 6.07) is 11.6. The van der Waals surface area contributed by atoms with E-state index in [1.54, 1.807) is 0 Å². The van der Waals surface area contributed by atoms with Crippen molar-refractivity contribution in [2.45, 2.75) is 38.1 Å². The van der Waals surface area contributed by atoms with E-state index < -0.39 is 0 Å². The molecule has 3 rings (SSSR count). The highest BCUT2D eigenvalue weighted by atomic mass is 15.3. The summed E-state index contributed by atoms with van der Waals surface area (Å²) in [7, 11) is 4.12. The Bertz CT molecular complexity index is 600. The Kier molecular flexibility index (Phi) is 3.62. The molecule has 106 valence electrons. The van der Waals surface area contributed by atoms with E-state index in [1.807, 2.05) is 11.7 Å². The number of benzene rings is 1. The van der Waals surface area contributed by atoms with E-state index in [2.05, 4.69) is 54.7 Å². The molecule has 0 radical (unpaired) electrons. The molecule has 1 heterocycles. The summed E-state index contributed by atoms with van der Waals surface area (Å²) in [6.45, 7) is 2.06. The number of fused-ring (bicyclic) bond motifs is 1. The summed E-state index contributed by atoms with van der Waals surface area (Å²) in [5, 5.41) is 7.99. The largest absolute Gasteiger partial charge is 0.316 e. The first kappa shape index (κ1) is 13.4. The zero-order chi connectivity index (χ0) is 14.1. The van der Waals surface area contributed by atoms with Crippen LogP contribution < -0.4 is 5.32 Å². The number of aryl methyl sites for hydroxylation is 3. The third kappa shape index (κ3) is 2.38. The Morgan fingerprint density at radius 1 is 1.40 bits per heavy atom. The molecule has 1 aliphatic rings. The Morgan fingerprint density at radius 2 is 2.20 bits per heavy atom. The van der Waals surface area contributed by atoms with E-state index in [-0.39, 0.29) is 0 Å². The van der Waals surface area contributed by atoms with Crippen LogP contribution in [-0.4, -0.2) is 22.9 Å². The van der Waals surface area contributed by atoms with Crippen LogP contribution in [0.1, 0.15) is 34.9 Å². The van der Waals surface area contributed by atoms with Crippen LogP contribution in [0, 0.1) is 6.92 Å². The molecular formula is C17H23N3. The number of rotatable bonds is 4. The maximum absolute atomic E-state index is 4.46. The second-order valence-electron chi connectivity index (χ2n) is 5.84. The number of hydrogen-bond acceptors (Lipinski definition) is 2. The quantitative estimate of drug-likeness (QED) is 0.924. The molecule has 1 aliphatic carbocycles. The van der Waals surface area contributed by atoms with Gasteiger partial charge in [-0.2, -0.15) is 5.10 Å². The highest BCUT2D eigenvalue weighted by Crippen LogP contribution is 2.36. The van der Waals surface area contributed by atoms with Gasteiger partial charge in [0.25, 0.3) is 0 Å². The summed E-state index contributed by atoms with van der Waals surface area (Å²) >= 11 is 0. The van der Waals surface area contributed by atoms with Crippen molar-refractivity contribution >= 4 is 0 Å². The second-order valence-corrected chi connectivity index (χ2v) is 5.84. The third-order valence-electron chi connectivity index (χ3n) is 4.56. The molecule has 0 bridgehead atoms. The van der Waals surface area contributed by atoms with E-state index in [0.717, 1.165) is 12.1 Å². The molecule has 1 aromatic carbocycles. The van der Waals surface area contributed by atoms with Gasteiger partial charge < -0.3 is 5.32 Å². The van der Waals surface area contributed by atoms with E-state index in [4.69, 9.17) is 0 Å². The standard InChI is InChI=1S/C17H23N3/c1-12-10-14(20(3)19-12)11-17(18-2)16-9-8-13-6-4-5-7-15(13)16/h4-7,10,16-18H,8-9,11H2,1-3H3. The van der Waals surface area contributed by atoms with Gasteiger partial charge in [-0.15, -0.1) is 0 Å². The van der Waals surface area contributed by atoms with Crippen molar-refractivity contribution in [1.29, 1.82) is 0 Å². The first-order valence-electron chi connectivity index (χ1n) is 7.43. The molecule has 20 heavy (non-hydrogen) atoms. The Hall–Kier alpha value is -1.61. The van der Waals surface area contributed by atoms with Gasteiger partial charge in [-0.25, -0.2) is 0 Å². The number of aromatic nitrogens is 2. The third-order valence-corrected chi connectivity index (χ3v) is 4.56. The van der Waals surface area contributed by atoms with Gasteiger partial charge >= 0.3 is 0 Å². The molecule has 2 aromatic rings. The van der Waals surface area contributed by atoms with Crippen LogP contribution in [0.2, 0.25) is 0 Å². The van der Waals surface area contributed by atoms with Crippen molar-refractivity contribution in [3.8, 4) is 0 Å². The van der Waals surface area contributed by atoms with Crippen LogP contribution in [0.3, 0.4) is 0 Å². The molecule has 1 aromatic heterocycles. The molecule has 2 unspecified atom stereocenters. The van der Waals surface area contributed by atoms with E-state index in [9.17, 15) is 0 Å². The van der Waals surface area contributed by atoms with Gasteiger partial charge in [0, 0.05) is 31.1 Å². The minimum Gasteiger partial charge on any atom is -0.316 e. The lowest BCUT2D eigenvalue weighted by Gasteiger charge is -2.24. The van der Waals surface area contributed by atoms with Crippen molar-refractivity contribution < 1.29 is 0 Å². The van der Waals surface area contributed by atoms with Crippen LogP contribution in [0.5, 0.6) is 0 Å². The highest BCUT2D eigenvalue weighted by molar-refractivity contribution is 5.36. The number of nitrogens with one attached hydrogen (secondary N) is 1. The number of hydrogen-bond donors (Lipinski definition) is 1. The fourth-order valence-electron chi connectivity index (χ4n) is 3.53. The summed E-state index contributed by atoms with van der Waals surface area (Å²) in [5.41, 5.74) is 5.47. The van der Waals surface area contributed by atoms with Crippen LogP contribution in [0.25, 0.3) is 0 Å². The fourth-order valence-corrected chi connectivity index (χ4v) is 3.53. The first-order valence-corrected chi connectivity index (χ1v) is 7.43. The Labute approximate surface area is 121 Å². The molecule has 0 amide bonds. The van der Waals surface area contributed by atoms with Gasteiger partial charge in [0.15, 0.2) is 0 Å². The van der Waals surface area contributed by atoms with Crippen molar-refractivity contribution in [3.05, 3.63) is 52.8 Å². The number of likely N-dealkylation sites (N-methyl/N-ethyl adjacent to an activating group) is 1. The molecule has 1 N–H and O–H groups in total. The van der Waals surface area contributed by atoms with Crippen molar-refractivity contribution in [1.82, 2.24) is 15.1 Å². The molecule has 3 heteroatoms. The SMILES string of the molecule is CNC(Cc1cc(C)nn1C)C1CCc2ccccc21. The summed E-state index contributed by atoms with van der Waals surface area (Å²) < 4.78 is 2.01. The maximum Gasteiger partial charge on any atom is 0.0596 e. The van der Waals surface area contributed by atoms with Gasteiger partial charge in [0.1, 0.15) is 0 Å². The lowest BCUT2D eigenvalue weighted by molar-refractivity contribution is 0.445. The average Bonchev–Trinajstić information content (AvgIpc) is 3.00. The predicted molar refractivity (Wildman–Crippen MR) is 82.0 cm³/mol. The predicted octanol–water partition coefficient (Wildman–Crippen LogP) is 2.59. The topological polar surface area (TPSA) is 29.9 Å². The van der Waals surface area contributed by atoms with Gasteiger partial charge in [-0.3, -0.25) is 4.68 Å². The lowest BCUT2D eigenvalue weighted by atomic mass is 9.90.